The van der Waals surface area contributed by atoms with Crippen LogP contribution >= 0.6 is 0 Å². The van der Waals surface area contributed by atoms with E-state index in [4.69, 9.17) is 0 Å². The zero-order valence-corrected chi connectivity index (χ0v) is 10.5. The number of aliphatic hydroxyl groups is 1. The summed E-state index contributed by atoms with van der Waals surface area (Å²) in [7, 11) is 0. The molecule has 0 aromatic carbocycles. The SMILES string of the molecule is Cc1ccc(NCC(O)CC(C)(C)C)nn1. The van der Waals surface area contributed by atoms with Gasteiger partial charge in [0.2, 0.25) is 0 Å². The first-order chi connectivity index (χ1) is 7.37. The molecule has 0 aliphatic heterocycles. The van der Waals surface area contributed by atoms with Crippen molar-refractivity contribution >= 4 is 5.82 Å². The van der Waals surface area contributed by atoms with Crippen LogP contribution in [0.25, 0.3) is 0 Å². The van der Waals surface area contributed by atoms with E-state index in [-0.39, 0.29) is 11.5 Å². The Balaban J connectivity index is 2.37. The molecule has 1 heterocycles. The van der Waals surface area contributed by atoms with Crippen LogP contribution in [0.4, 0.5) is 5.82 Å². The fourth-order valence-electron chi connectivity index (χ4n) is 1.49. The van der Waals surface area contributed by atoms with Crippen LogP contribution in [0.2, 0.25) is 0 Å². The molecule has 1 aromatic heterocycles. The van der Waals surface area contributed by atoms with E-state index < -0.39 is 0 Å². The summed E-state index contributed by atoms with van der Waals surface area (Å²) in [6.07, 6.45) is 0.405. The predicted molar refractivity (Wildman–Crippen MR) is 65.3 cm³/mol. The number of nitrogens with one attached hydrogen (secondary N) is 1. The van der Waals surface area contributed by atoms with Crippen molar-refractivity contribution in [3.63, 3.8) is 0 Å². The molecule has 4 nitrogen and oxygen atoms in total. The van der Waals surface area contributed by atoms with Crippen LogP contribution in [0.15, 0.2) is 12.1 Å². The number of rotatable bonds is 4. The fourth-order valence-corrected chi connectivity index (χ4v) is 1.49. The first-order valence-corrected chi connectivity index (χ1v) is 5.59. The Morgan fingerprint density at radius 3 is 2.50 bits per heavy atom. The Labute approximate surface area is 97.1 Å². The lowest BCUT2D eigenvalue weighted by atomic mass is 9.89. The average Bonchev–Trinajstić information content (AvgIpc) is 2.14. The lowest BCUT2D eigenvalue weighted by Crippen LogP contribution is -2.25. The molecule has 0 amide bonds. The average molecular weight is 223 g/mol. The highest BCUT2D eigenvalue weighted by atomic mass is 16.3. The third-order valence-corrected chi connectivity index (χ3v) is 2.16. The van der Waals surface area contributed by atoms with Gasteiger partial charge in [0, 0.05) is 6.54 Å². The van der Waals surface area contributed by atoms with E-state index in [9.17, 15) is 5.11 Å². The summed E-state index contributed by atoms with van der Waals surface area (Å²) in [6, 6.07) is 3.76. The number of aromatic nitrogens is 2. The van der Waals surface area contributed by atoms with Crippen LogP contribution in [-0.4, -0.2) is 28.0 Å². The molecule has 2 N–H and O–H groups in total. The van der Waals surface area contributed by atoms with E-state index in [0.717, 1.165) is 12.1 Å². The summed E-state index contributed by atoms with van der Waals surface area (Å²) in [5, 5.41) is 20.8. The third-order valence-electron chi connectivity index (χ3n) is 2.16. The van der Waals surface area contributed by atoms with Crippen molar-refractivity contribution in [2.24, 2.45) is 5.41 Å². The maximum absolute atomic E-state index is 9.79. The van der Waals surface area contributed by atoms with Gasteiger partial charge in [0.15, 0.2) is 0 Å². The molecule has 1 atom stereocenters. The van der Waals surface area contributed by atoms with Crippen molar-refractivity contribution in [3.05, 3.63) is 17.8 Å². The van der Waals surface area contributed by atoms with Crippen molar-refractivity contribution in [1.29, 1.82) is 0 Å². The number of hydrogen-bond acceptors (Lipinski definition) is 4. The molecule has 1 rings (SSSR count). The molecular weight excluding hydrogens is 202 g/mol. The third kappa shape index (κ3) is 5.07. The molecule has 1 aromatic rings. The molecule has 0 saturated heterocycles. The molecule has 0 aliphatic carbocycles. The lowest BCUT2D eigenvalue weighted by molar-refractivity contribution is 0.132. The number of nitrogens with zero attached hydrogens (tertiary/aromatic N) is 2. The highest BCUT2D eigenvalue weighted by molar-refractivity contribution is 5.32. The Hall–Kier alpha value is -1.16. The van der Waals surface area contributed by atoms with Crippen molar-refractivity contribution in [2.75, 3.05) is 11.9 Å². The Morgan fingerprint density at radius 2 is 2.00 bits per heavy atom. The monoisotopic (exact) mass is 223 g/mol. The van der Waals surface area contributed by atoms with Crippen LogP contribution in [-0.2, 0) is 0 Å². The first-order valence-electron chi connectivity index (χ1n) is 5.59. The van der Waals surface area contributed by atoms with E-state index in [1.165, 1.54) is 0 Å². The minimum Gasteiger partial charge on any atom is -0.391 e. The van der Waals surface area contributed by atoms with Crippen LogP contribution in [0.5, 0.6) is 0 Å². The second-order valence-corrected chi connectivity index (χ2v) is 5.36. The second-order valence-electron chi connectivity index (χ2n) is 5.36. The van der Waals surface area contributed by atoms with Gasteiger partial charge in [-0.15, -0.1) is 5.10 Å². The Bertz CT molecular complexity index is 316. The molecule has 4 heteroatoms. The van der Waals surface area contributed by atoms with Gasteiger partial charge in [0.05, 0.1) is 11.8 Å². The van der Waals surface area contributed by atoms with E-state index in [1.54, 1.807) is 0 Å². The van der Waals surface area contributed by atoms with Gasteiger partial charge in [-0.2, -0.15) is 5.10 Å². The number of aryl methyl sites for hydroxylation is 1. The summed E-state index contributed by atoms with van der Waals surface area (Å²) in [6.45, 7) is 8.74. The van der Waals surface area contributed by atoms with Gasteiger partial charge in [0.25, 0.3) is 0 Å². The van der Waals surface area contributed by atoms with Gasteiger partial charge >= 0.3 is 0 Å². The number of anilines is 1. The van der Waals surface area contributed by atoms with Crippen molar-refractivity contribution in [2.45, 2.75) is 40.2 Å². The maximum atomic E-state index is 9.79. The molecule has 0 fully saturated rings. The summed E-state index contributed by atoms with van der Waals surface area (Å²) in [5.74, 6) is 0.707. The molecule has 0 aliphatic rings. The topological polar surface area (TPSA) is 58.0 Å². The van der Waals surface area contributed by atoms with E-state index in [0.29, 0.717) is 12.4 Å². The van der Waals surface area contributed by atoms with Crippen LogP contribution in [0, 0.1) is 12.3 Å². The molecular formula is C12H21N3O. The minimum atomic E-state index is -0.358. The first kappa shape index (κ1) is 12.9. The van der Waals surface area contributed by atoms with Gasteiger partial charge < -0.3 is 10.4 Å². The van der Waals surface area contributed by atoms with Gasteiger partial charge in [-0.25, -0.2) is 0 Å². The molecule has 1 unspecified atom stereocenters. The molecule has 0 radical (unpaired) electrons. The van der Waals surface area contributed by atoms with Gasteiger partial charge in [-0.05, 0) is 30.9 Å². The second kappa shape index (κ2) is 5.25. The lowest BCUT2D eigenvalue weighted by Gasteiger charge is -2.22. The predicted octanol–water partition coefficient (Wildman–Crippen LogP) is 1.99. The zero-order chi connectivity index (χ0) is 12.2. The summed E-state index contributed by atoms with van der Waals surface area (Å²) in [5.41, 5.74) is 1.03. The van der Waals surface area contributed by atoms with Gasteiger partial charge in [0.1, 0.15) is 5.82 Å². The number of hydrogen-bond donors (Lipinski definition) is 2. The standard InChI is InChI=1S/C12H21N3O/c1-9-5-6-11(15-14-9)13-8-10(16)7-12(2,3)4/h5-6,10,16H,7-8H2,1-4H3,(H,13,15). The van der Waals surface area contributed by atoms with E-state index >= 15 is 0 Å². The molecule has 0 saturated carbocycles. The smallest absolute Gasteiger partial charge is 0.148 e. The Morgan fingerprint density at radius 1 is 1.31 bits per heavy atom. The minimum absolute atomic E-state index is 0.139. The van der Waals surface area contributed by atoms with E-state index in [1.807, 2.05) is 19.1 Å². The summed E-state index contributed by atoms with van der Waals surface area (Å²) < 4.78 is 0. The van der Waals surface area contributed by atoms with Crippen molar-refractivity contribution < 1.29 is 5.11 Å². The molecule has 16 heavy (non-hydrogen) atoms. The largest absolute Gasteiger partial charge is 0.391 e. The summed E-state index contributed by atoms with van der Waals surface area (Å²) >= 11 is 0. The molecule has 90 valence electrons. The van der Waals surface area contributed by atoms with Crippen molar-refractivity contribution in [3.8, 4) is 0 Å². The van der Waals surface area contributed by atoms with Crippen LogP contribution < -0.4 is 5.32 Å². The zero-order valence-electron chi connectivity index (χ0n) is 10.5. The molecule has 0 spiro atoms. The quantitative estimate of drug-likeness (QED) is 0.819. The normalized spacial score (nSPS) is 13.6. The highest BCUT2D eigenvalue weighted by Crippen LogP contribution is 2.20. The maximum Gasteiger partial charge on any atom is 0.148 e. The van der Waals surface area contributed by atoms with E-state index in [2.05, 4.69) is 36.3 Å². The fraction of sp³-hybridized carbons (Fsp3) is 0.667. The summed E-state index contributed by atoms with van der Waals surface area (Å²) in [4.78, 5) is 0. The number of aliphatic hydroxyl groups excluding tert-OH is 1. The Kier molecular flexibility index (Phi) is 4.24. The van der Waals surface area contributed by atoms with Gasteiger partial charge in [-0.1, -0.05) is 20.8 Å². The van der Waals surface area contributed by atoms with Crippen LogP contribution in [0.1, 0.15) is 32.9 Å². The highest BCUT2D eigenvalue weighted by Gasteiger charge is 2.16. The molecule has 0 bridgehead atoms. The van der Waals surface area contributed by atoms with Gasteiger partial charge in [-0.3, -0.25) is 0 Å². The van der Waals surface area contributed by atoms with Crippen molar-refractivity contribution in [1.82, 2.24) is 10.2 Å². The van der Waals surface area contributed by atoms with Crippen LogP contribution in [0.3, 0.4) is 0 Å².